The van der Waals surface area contributed by atoms with Gasteiger partial charge in [0.05, 0.1) is 12.2 Å². The van der Waals surface area contributed by atoms with Gasteiger partial charge >= 0.3 is 12.1 Å². The van der Waals surface area contributed by atoms with Gasteiger partial charge in [-0.05, 0) is 43.7 Å². The van der Waals surface area contributed by atoms with Crippen molar-refractivity contribution < 1.29 is 32.2 Å². The number of benzene rings is 2. The maximum atomic E-state index is 12.7. The Morgan fingerprint density at radius 3 is 2.59 bits per heavy atom. The lowest BCUT2D eigenvalue weighted by atomic mass is 10.1. The summed E-state index contributed by atoms with van der Waals surface area (Å²) in [5.74, 6) is -1.12. The summed E-state index contributed by atoms with van der Waals surface area (Å²) in [4.78, 5) is 24.9. The number of nitrogens with zero attached hydrogens (tertiary/aromatic N) is 1. The predicted molar refractivity (Wildman–Crippen MR) is 113 cm³/mol. The molecule has 0 spiro atoms. The Morgan fingerprint density at radius 2 is 1.91 bits per heavy atom. The third-order valence-electron chi connectivity index (χ3n) is 4.77. The Hall–Kier alpha value is -3.49. The van der Waals surface area contributed by atoms with Crippen LogP contribution < -0.4 is 14.8 Å². The van der Waals surface area contributed by atoms with Gasteiger partial charge < -0.3 is 19.7 Å². The van der Waals surface area contributed by atoms with Crippen molar-refractivity contribution in [2.45, 2.75) is 26.6 Å². The fraction of sp³-hybridized carbons (Fsp3) is 0.304. The molecule has 1 N–H and O–H groups in total. The molecule has 0 aliphatic carbocycles. The highest BCUT2D eigenvalue weighted by molar-refractivity contribution is 6.07. The fourth-order valence-corrected chi connectivity index (χ4v) is 3.27. The summed E-state index contributed by atoms with van der Waals surface area (Å²) in [5.41, 5.74) is 1.96. The van der Waals surface area contributed by atoms with E-state index in [1.54, 1.807) is 36.4 Å². The van der Waals surface area contributed by atoms with E-state index in [1.165, 1.54) is 13.0 Å². The van der Waals surface area contributed by atoms with Crippen LogP contribution in [0.25, 0.3) is 6.08 Å². The van der Waals surface area contributed by atoms with Crippen LogP contribution in [0.3, 0.4) is 0 Å². The number of amides is 2. The normalized spacial score (nSPS) is 12.8. The van der Waals surface area contributed by atoms with Crippen molar-refractivity contribution in [3.8, 4) is 11.5 Å². The minimum Gasteiger partial charge on any atom is -0.490 e. The molecule has 1 aliphatic rings. The van der Waals surface area contributed by atoms with Crippen molar-refractivity contribution >= 4 is 23.6 Å². The highest BCUT2D eigenvalue weighted by Crippen LogP contribution is 2.36. The molecule has 3 rings (SSSR count). The van der Waals surface area contributed by atoms with Crippen LogP contribution in [0.5, 0.6) is 11.5 Å². The summed E-state index contributed by atoms with van der Waals surface area (Å²) in [5, 5.41) is 2.73. The van der Waals surface area contributed by atoms with E-state index < -0.39 is 18.0 Å². The van der Waals surface area contributed by atoms with Crippen LogP contribution in [0.1, 0.15) is 25.0 Å². The minimum absolute atomic E-state index is 0.0479. The smallest absolute Gasteiger partial charge is 0.471 e. The first-order valence-electron chi connectivity index (χ1n) is 10.1. The quantitative estimate of drug-likeness (QED) is 0.682. The number of rotatable bonds is 7. The zero-order chi connectivity index (χ0) is 23.3. The van der Waals surface area contributed by atoms with Gasteiger partial charge in [-0.1, -0.05) is 24.3 Å². The van der Waals surface area contributed by atoms with Crippen molar-refractivity contribution in [1.29, 1.82) is 0 Å². The summed E-state index contributed by atoms with van der Waals surface area (Å²) in [6, 6.07) is 11.8. The molecule has 1 heterocycles. The number of para-hydroxylation sites is 1. The Labute approximate surface area is 183 Å². The summed E-state index contributed by atoms with van der Waals surface area (Å²) in [6.07, 6.45) is -3.23. The topological polar surface area (TPSA) is 67.9 Å². The molecule has 2 amide bonds. The molecule has 0 saturated carbocycles. The first-order valence-corrected chi connectivity index (χ1v) is 10.1. The molecule has 0 saturated heterocycles. The molecule has 0 unspecified atom stereocenters. The van der Waals surface area contributed by atoms with Crippen LogP contribution in [0.4, 0.5) is 18.9 Å². The number of alkyl halides is 3. The van der Waals surface area contributed by atoms with Crippen LogP contribution in [-0.2, 0) is 16.1 Å². The van der Waals surface area contributed by atoms with E-state index >= 15 is 0 Å². The maximum absolute atomic E-state index is 12.7. The first-order chi connectivity index (χ1) is 15.2. The largest absolute Gasteiger partial charge is 0.490 e. The molecule has 6 nitrogen and oxygen atoms in total. The SMILES string of the molecule is CCOc1cccc2c1OCC(C(=O)Nc1cccc(CN(CC)C(=O)C(F)(F)F)c1)=C2. The number of hydrogen-bond donors (Lipinski definition) is 1. The number of hydrogen-bond acceptors (Lipinski definition) is 4. The molecule has 9 heteroatoms. The molecule has 0 fully saturated rings. The molecule has 2 aromatic carbocycles. The molecule has 32 heavy (non-hydrogen) atoms. The van der Waals surface area contributed by atoms with Gasteiger partial charge in [0.25, 0.3) is 5.91 Å². The molecule has 0 aromatic heterocycles. The molecule has 0 bridgehead atoms. The molecule has 170 valence electrons. The van der Waals surface area contributed by atoms with Gasteiger partial charge in [-0.25, -0.2) is 0 Å². The highest BCUT2D eigenvalue weighted by atomic mass is 19.4. The minimum atomic E-state index is -4.94. The van der Waals surface area contributed by atoms with Gasteiger partial charge in [-0.2, -0.15) is 13.2 Å². The standard InChI is InChI=1S/C23H23F3N2O4/c1-3-28(22(30)23(24,25)26)13-15-7-5-9-18(11-15)27-21(29)17-12-16-8-6-10-19(31-4-2)20(16)32-14-17/h5-12H,3-4,13-14H2,1-2H3,(H,27,29). The van der Waals surface area contributed by atoms with E-state index in [-0.39, 0.29) is 19.7 Å². The molecule has 0 atom stereocenters. The number of carbonyl (C=O) groups is 2. The van der Waals surface area contributed by atoms with Crippen LogP contribution >= 0.6 is 0 Å². The number of fused-ring (bicyclic) bond motifs is 1. The Kier molecular flexibility index (Phi) is 7.07. The Bertz CT molecular complexity index is 1030. The van der Waals surface area contributed by atoms with Crippen molar-refractivity contribution in [3.63, 3.8) is 0 Å². The van der Waals surface area contributed by atoms with E-state index in [0.29, 0.717) is 45.4 Å². The Morgan fingerprint density at radius 1 is 1.16 bits per heavy atom. The van der Waals surface area contributed by atoms with Crippen molar-refractivity contribution in [2.24, 2.45) is 0 Å². The second-order valence-electron chi connectivity index (χ2n) is 7.04. The number of anilines is 1. The predicted octanol–water partition coefficient (Wildman–Crippen LogP) is 4.41. The zero-order valence-corrected chi connectivity index (χ0v) is 17.7. The van der Waals surface area contributed by atoms with Gasteiger partial charge in [-0.3, -0.25) is 9.59 Å². The lowest BCUT2D eigenvalue weighted by Crippen LogP contribution is -2.40. The second-order valence-corrected chi connectivity index (χ2v) is 7.04. The lowest BCUT2D eigenvalue weighted by molar-refractivity contribution is -0.185. The van der Waals surface area contributed by atoms with Crippen molar-refractivity contribution in [3.05, 3.63) is 59.2 Å². The lowest BCUT2D eigenvalue weighted by Gasteiger charge is -2.22. The van der Waals surface area contributed by atoms with Gasteiger partial charge in [0.2, 0.25) is 0 Å². The zero-order valence-electron chi connectivity index (χ0n) is 17.7. The van der Waals surface area contributed by atoms with E-state index in [1.807, 2.05) is 13.0 Å². The van der Waals surface area contributed by atoms with Crippen molar-refractivity contribution in [1.82, 2.24) is 4.90 Å². The van der Waals surface area contributed by atoms with E-state index in [4.69, 9.17) is 9.47 Å². The number of nitrogens with one attached hydrogen (secondary N) is 1. The summed E-state index contributed by atoms with van der Waals surface area (Å²) >= 11 is 0. The molecular formula is C23H23F3N2O4. The van der Waals surface area contributed by atoms with E-state index in [9.17, 15) is 22.8 Å². The summed E-state index contributed by atoms with van der Waals surface area (Å²) in [6.45, 7) is 3.55. The van der Waals surface area contributed by atoms with Gasteiger partial charge in [0, 0.05) is 24.3 Å². The van der Waals surface area contributed by atoms with E-state index in [2.05, 4.69) is 5.32 Å². The van der Waals surface area contributed by atoms with E-state index in [0.717, 1.165) is 0 Å². The van der Waals surface area contributed by atoms with Gasteiger partial charge in [0.1, 0.15) is 6.61 Å². The number of carbonyl (C=O) groups excluding carboxylic acids is 2. The van der Waals surface area contributed by atoms with Crippen LogP contribution in [0, 0.1) is 0 Å². The monoisotopic (exact) mass is 448 g/mol. The van der Waals surface area contributed by atoms with Crippen LogP contribution in [-0.4, -0.2) is 42.6 Å². The van der Waals surface area contributed by atoms with Gasteiger partial charge in [-0.15, -0.1) is 0 Å². The molecule has 1 aliphatic heterocycles. The third kappa shape index (κ3) is 5.40. The average Bonchev–Trinajstić information content (AvgIpc) is 2.76. The molecular weight excluding hydrogens is 425 g/mol. The Balaban J connectivity index is 1.72. The highest BCUT2D eigenvalue weighted by Gasteiger charge is 2.41. The number of halogens is 3. The number of ether oxygens (including phenoxy) is 2. The average molecular weight is 448 g/mol. The van der Waals surface area contributed by atoms with Crippen molar-refractivity contribution in [2.75, 3.05) is 25.1 Å². The molecule has 0 radical (unpaired) electrons. The summed E-state index contributed by atoms with van der Waals surface area (Å²) in [7, 11) is 0. The van der Waals surface area contributed by atoms with Crippen LogP contribution in [0.15, 0.2) is 48.0 Å². The third-order valence-corrected chi connectivity index (χ3v) is 4.77. The fourth-order valence-electron chi connectivity index (χ4n) is 3.27. The maximum Gasteiger partial charge on any atom is 0.471 e. The second kappa shape index (κ2) is 9.76. The van der Waals surface area contributed by atoms with Gasteiger partial charge in [0.15, 0.2) is 11.5 Å². The first kappa shape index (κ1) is 23.2. The summed E-state index contributed by atoms with van der Waals surface area (Å²) < 4.78 is 49.5. The molecule has 2 aromatic rings. The van der Waals surface area contributed by atoms with Crippen LogP contribution in [0.2, 0.25) is 0 Å².